The first kappa shape index (κ1) is 26.7. The summed E-state index contributed by atoms with van der Waals surface area (Å²) in [5, 5.41) is 19.8. The topological polar surface area (TPSA) is 109 Å². The third-order valence-corrected chi connectivity index (χ3v) is 8.83. The summed E-state index contributed by atoms with van der Waals surface area (Å²) in [6.07, 6.45) is 1.69. The fourth-order valence-electron chi connectivity index (χ4n) is 6.18. The van der Waals surface area contributed by atoms with E-state index in [4.69, 9.17) is 26.3 Å². The number of rotatable bonds is 7. The van der Waals surface area contributed by atoms with E-state index in [2.05, 4.69) is 45.2 Å². The summed E-state index contributed by atoms with van der Waals surface area (Å²) in [6, 6.07) is 19.1. The molecule has 2 aliphatic heterocycles. The van der Waals surface area contributed by atoms with Crippen molar-refractivity contribution in [3.8, 4) is 6.07 Å². The van der Waals surface area contributed by atoms with Crippen molar-refractivity contribution < 1.29 is 14.6 Å². The Labute approximate surface area is 247 Å². The summed E-state index contributed by atoms with van der Waals surface area (Å²) in [7, 11) is 0. The van der Waals surface area contributed by atoms with E-state index in [0.717, 1.165) is 71.0 Å². The first-order valence-corrected chi connectivity index (χ1v) is 14.5. The highest BCUT2D eigenvalue weighted by molar-refractivity contribution is 6.30. The lowest BCUT2D eigenvalue weighted by molar-refractivity contribution is -0.0592. The molecule has 5 aromatic rings. The molecule has 3 aromatic carbocycles. The fraction of sp³-hybridized carbons (Fsp3) is 0.312. The average molecular weight is 581 g/mol. The van der Waals surface area contributed by atoms with Crippen LogP contribution in [0.3, 0.4) is 0 Å². The Hall–Kier alpha value is -4.23. The highest BCUT2D eigenvalue weighted by atomic mass is 35.5. The number of nitrogens with zero attached hydrogens (tertiary/aromatic N) is 6. The second-order valence-electron chi connectivity index (χ2n) is 11.1. The maximum atomic E-state index is 11.7. The van der Waals surface area contributed by atoms with Crippen molar-refractivity contribution >= 4 is 39.6 Å². The monoisotopic (exact) mass is 580 g/mol. The smallest absolute Gasteiger partial charge is 0.335 e. The van der Waals surface area contributed by atoms with Gasteiger partial charge in [-0.15, -0.1) is 0 Å². The third kappa shape index (κ3) is 4.62. The Morgan fingerprint density at radius 2 is 1.98 bits per heavy atom. The average Bonchev–Trinajstić information content (AvgIpc) is 3.51. The Bertz CT molecular complexity index is 1900. The lowest BCUT2D eigenvalue weighted by Gasteiger charge is -2.34. The largest absolute Gasteiger partial charge is 0.478 e. The molecule has 0 aliphatic carbocycles. The molecule has 2 atom stereocenters. The van der Waals surface area contributed by atoms with Crippen LogP contribution in [0, 0.1) is 11.3 Å². The molecule has 0 bridgehead atoms. The summed E-state index contributed by atoms with van der Waals surface area (Å²) >= 11 is 6.13. The van der Waals surface area contributed by atoms with Gasteiger partial charge in [0.25, 0.3) is 0 Å². The van der Waals surface area contributed by atoms with E-state index in [9.17, 15) is 15.2 Å². The van der Waals surface area contributed by atoms with E-state index < -0.39 is 5.97 Å². The second kappa shape index (κ2) is 10.6. The standard InChI is InChI=1S/C32H29ClN6O3/c1-19-31-36-30-21(13-20-5-7-24(33)14-23(20)16-34)3-2-4-27(30)38(31)11-10-37(19)18-29-35-26-8-6-22(32(40)41)15-28(26)39(29)17-25-9-12-42-25/h2-8,14-15,19,25H,9-13,17-18H2,1H3,(H,40,41)/t19-,25+/m1/s1. The molecular formula is C32H29ClN6O3. The molecule has 0 radical (unpaired) electrons. The van der Waals surface area contributed by atoms with Crippen LogP contribution < -0.4 is 0 Å². The summed E-state index contributed by atoms with van der Waals surface area (Å²) in [4.78, 5) is 24.2. The lowest BCUT2D eigenvalue weighted by Crippen LogP contribution is -2.38. The van der Waals surface area contributed by atoms with Gasteiger partial charge in [0.1, 0.15) is 11.6 Å². The molecular weight excluding hydrogens is 552 g/mol. The minimum atomic E-state index is -0.950. The molecule has 2 aromatic heterocycles. The number of imidazole rings is 2. The normalized spacial score (nSPS) is 18.6. The highest BCUT2D eigenvalue weighted by Crippen LogP contribution is 2.33. The van der Waals surface area contributed by atoms with Gasteiger partial charge in [-0.2, -0.15) is 5.26 Å². The van der Waals surface area contributed by atoms with Crippen LogP contribution in [0.4, 0.5) is 0 Å². The van der Waals surface area contributed by atoms with Crippen molar-refractivity contribution in [2.45, 2.75) is 51.5 Å². The van der Waals surface area contributed by atoms with Crippen LogP contribution in [0.5, 0.6) is 0 Å². The van der Waals surface area contributed by atoms with Gasteiger partial charge in [-0.05, 0) is 60.9 Å². The van der Waals surface area contributed by atoms with E-state index in [1.807, 2.05) is 12.1 Å². The van der Waals surface area contributed by atoms with Gasteiger partial charge in [0.05, 0.1) is 64.5 Å². The number of halogens is 1. The zero-order valence-electron chi connectivity index (χ0n) is 23.1. The van der Waals surface area contributed by atoms with Crippen molar-refractivity contribution in [2.24, 2.45) is 0 Å². The summed E-state index contributed by atoms with van der Waals surface area (Å²) in [5.74, 6) is 0.944. The Morgan fingerprint density at radius 1 is 1.12 bits per heavy atom. The lowest BCUT2D eigenvalue weighted by atomic mass is 9.99. The molecule has 42 heavy (non-hydrogen) atoms. The van der Waals surface area contributed by atoms with Crippen molar-refractivity contribution in [1.82, 2.24) is 24.0 Å². The number of fused-ring (bicyclic) bond motifs is 4. The number of hydrogen-bond acceptors (Lipinski definition) is 6. The molecule has 7 rings (SSSR count). The molecule has 0 amide bonds. The van der Waals surface area contributed by atoms with Crippen LogP contribution in [-0.4, -0.2) is 54.3 Å². The Balaban J connectivity index is 1.21. The van der Waals surface area contributed by atoms with Gasteiger partial charge >= 0.3 is 5.97 Å². The molecule has 1 N–H and O–H groups in total. The van der Waals surface area contributed by atoms with Gasteiger partial charge in [0.15, 0.2) is 0 Å². The zero-order chi connectivity index (χ0) is 29.0. The maximum Gasteiger partial charge on any atom is 0.335 e. The van der Waals surface area contributed by atoms with Crippen LogP contribution in [0.15, 0.2) is 54.6 Å². The quantitative estimate of drug-likeness (QED) is 0.268. The van der Waals surface area contributed by atoms with Crippen LogP contribution in [0.1, 0.15) is 58.1 Å². The highest BCUT2D eigenvalue weighted by Gasteiger charge is 2.30. The van der Waals surface area contributed by atoms with Crippen LogP contribution >= 0.6 is 11.6 Å². The number of carbonyl (C=O) groups is 1. The third-order valence-electron chi connectivity index (χ3n) is 8.60. The number of nitriles is 1. The molecule has 0 unspecified atom stereocenters. The van der Waals surface area contributed by atoms with Gasteiger partial charge < -0.3 is 19.0 Å². The molecule has 0 spiro atoms. The summed E-state index contributed by atoms with van der Waals surface area (Å²) < 4.78 is 10.2. The van der Waals surface area contributed by atoms with Crippen LogP contribution in [0.2, 0.25) is 5.02 Å². The molecule has 1 saturated heterocycles. The number of carboxylic acids is 1. The number of ether oxygens (including phenoxy) is 1. The second-order valence-corrected chi connectivity index (χ2v) is 11.5. The maximum absolute atomic E-state index is 11.7. The van der Waals surface area contributed by atoms with Gasteiger partial charge in [-0.1, -0.05) is 29.8 Å². The van der Waals surface area contributed by atoms with E-state index in [-0.39, 0.29) is 17.7 Å². The first-order valence-electron chi connectivity index (χ1n) is 14.1. The number of para-hydroxylation sites is 1. The molecule has 212 valence electrons. The first-order chi connectivity index (χ1) is 20.4. The van der Waals surface area contributed by atoms with Gasteiger partial charge in [0, 0.05) is 31.1 Å². The van der Waals surface area contributed by atoms with Gasteiger partial charge in [0.2, 0.25) is 0 Å². The minimum Gasteiger partial charge on any atom is -0.478 e. The Kier molecular flexibility index (Phi) is 6.70. The fourth-order valence-corrected chi connectivity index (χ4v) is 6.35. The number of hydrogen-bond donors (Lipinski definition) is 1. The SMILES string of the molecule is C[C@@H]1c2nc3c(Cc4ccc(Cl)cc4C#N)cccc3n2CCN1Cc1nc2ccc(C(=O)O)cc2n1C[C@@H]1CCO1. The number of aromatic nitrogens is 4. The van der Waals surface area contributed by atoms with E-state index in [1.165, 1.54) is 0 Å². The predicted octanol–water partition coefficient (Wildman–Crippen LogP) is 5.57. The molecule has 1 fully saturated rings. The zero-order valence-corrected chi connectivity index (χ0v) is 23.9. The number of carboxylic acid groups (broad SMARTS) is 1. The van der Waals surface area contributed by atoms with Crippen LogP contribution in [0.25, 0.3) is 22.1 Å². The van der Waals surface area contributed by atoms with E-state index in [0.29, 0.717) is 30.1 Å². The van der Waals surface area contributed by atoms with E-state index >= 15 is 0 Å². The molecule has 9 nitrogen and oxygen atoms in total. The van der Waals surface area contributed by atoms with Crippen molar-refractivity contribution in [2.75, 3.05) is 13.2 Å². The van der Waals surface area contributed by atoms with E-state index in [1.54, 1.807) is 24.3 Å². The minimum absolute atomic E-state index is 0.0343. The van der Waals surface area contributed by atoms with Crippen molar-refractivity contribution in [3.63, 3.8) is 0 Å². The van der Waals surface area contributed by atoms with Crippen molar-refractivity contribution in [1.29, 1.82) is 5.26 Å². The van der Waals surface area contributed by atoms with Crippen molar-refractivity contribution in [3.05, 3.63) is 93.5 Å². The summed E-state index contributed by atoms with van der Waals surface area (Å²) in [6.45, 7) is 5.80. The molecule has 10 heteroatoms. The number of benzene rings is 3. The van der Waals surface area contributed by atoms with Gasteiger partial charge in [-0.3, -0.25) is 4.90 Å². The molecule has 2 aliphatic rings. The Morgan fingerprint density at radius 3 is 2.74 bits per heavy atom. The summed E-state index contributed by atoms with van der Waals surface area (Å²) in [5.41, 5.74) is 6.48. The molecule has 0 saturated carbocycles. The molecule has 4 heterocycles. The van der Waals surface area contributed by atoms with Gasteiger partial charge in [-0.25, -0.2) is 14.8 Å². The van der Waals surface area contributed by atoms with Crippen LogP contribution in [-0.2, 0) is 30.8 Å². The number of aromatic carboxylic acids is 1. The predicted molar refractivity (Wildman–Crippen MR) is 159 cm³/mol.